The van der Waals surface area contributed by atoms with Gasteiger partial charge in [-0.1, -0.05) is 12.1 Å². The van der Waals surface area contributed by atoms with Crippen LogP contribution in [0.3, 0.4) is 0 Å². The van der Waals surface area contributed by atoms with E-state index in [1.165, 1.54) is 0 Å². The molecule has 0 atom stereocenters. The molecule has 0 saturated carbocycles. The number of nitrogens with two attached hydrogens (primary N) is 1. The molecule has 1 aromatic carbocycles. The largest absolute Gasteiger partial charge is 0.370 e. The van der Waals surface area contributed by atoms with Crippen LogP contribution in [-0.4, -0.2) is 34.1 Å². The van der Waals surface area contributed by atoms with Crippen molar-refractivity contribution < 1.29 is 17.9 Å². The van der Waals surface area contributed by atoms with Crippen LogP contribution in [0.4, 0.5) is 0 Å². The van der Waals surface area contributed by atoms with E-state index in [4.69, 9.17) is 15.7 Å². The van der Waals surface area contributed by atoms with Crippen molar-refractivity contribution in [3.05, 3.63) is 35.4 Å². The average Bonchev–Trinajstić information content (AvgIpc) is 2.38. The van der Waals surface area contributed by atoms with E-state index >= 15 is 0 Å². The van der Waals surface area contributed by atoms with Crippen LogP contribution in [0.1, 0.15) is 11.1 Å². The number of carbonyl (C=O) groups is 1. The molecular formula is C12H15N3O4S. The van der Waals surface area contributed by atoms with Crippen molar-refractivity contribution in [2.45, 2.75) is 5.75 Å². The summed E-state index contributed by atoms with van der Waals surface area (Å²) in [5.41, 5.74) is 5.91. The molecule has 0 aliphatic heterocycles. The molecule has 7 nitrogen and oxygen atoms in total. The van der Waals surface area contributed by atoms with E-state index < -0.39 is 15.9 Å². The van der Waals surface area contributed by atoms with Crippen LogP contribution in [0.25, 0.3) is 0 Å². The zero-order valence-corrected chi connectivity index (χ0v) is 11.5. The number of primary amides is 1. The number of nitriles is 1. The lowest BCUT2D eigenvalue weighted by molar-refractivity contribution is -0.122. The summed E-state index contributed by atoms with van der Waals surface area (Å²) in [7, 11) is -3.48. The van der Waals surface area contributed by atoms with Gasteiger partial charge in [0.05, 0.1) is 24.0 Å². The molecule has 0 radical (unpaired) electrons. The number of ether oxygens (including phenoxy) is 1. The van der Waals surface area contributed by atoms with Gasteiger partial charge in [0.15, 0.2) is 0 Å². The van der Waals surface area contributed by atoms with Crippen molar-refractivity contribution in [3.8, 4) is 6.07 Å². The van der Waals surface area contributed by atoms with Gasteiger partial charge in [-0.2, -0.15) is 5.26 Å². The summed E-state index contributed by atoms with van der Waals surface area (Å²) < 4.78 is 30.6. The molecule has 0 aliphatic rings. The Hall–Kier alpha value is -1.95. The standard InChI is InChI=1S/C12H15N3O4S/c13-7-10-1-3-11(4-2-10)9-20(17,18)15-5-6-19-8-12(14)16/h1-4,15H,5-6,8-9H2,(H2,14,16). The zero-order valence-electron chi connectivity index (χ0n) is 10.7. The van der Waals surface area contributed by atoms with Crippen LogP contribution in [0, 0.1) is 11.3 Å². The molecule has 8 heteroatoms. The third-order valence-electron chi connectivity index (χ3n) is 2.25. The predicted octanol–water partition coefficient (Wildman–Crippen LogP) is -0.520. The second kappa shape index (κ2) is 7.59. The van der Waals surface area contributed by atoms with Crippen molar-refractivity contribution in [3.63, 3.8) is 0 Å². The fourth-order valence-corrected chi connectivity index (χ4v) is 2.52. The van der Waals surface area contributed by atoms with Gasteiger partial charge in [0.2, 0.25) is 15.9 Å². The van der Waals surface area contributed by atoms with Gasteiger partial charge in [-0.25, -0.2) is 13.1 Å². The minimum atomic E-state index is -3.48. The van der Waals surface area contributed by atoms with E-state index in [0.717, 1.165) is 0 Å². The van der Waals surface area contributed by atoms with E-state index in [2.05, 4.69) is 4.72 Å². The molecule has 0 aromatic heterocycles. The van der Waals surface area contributed by atoms with Crippen LogP contribution in [0.15, 0.2) is 24.3 Å². The van der Waals surface area contributed by atoms with Crippen molar-refractivity contribution >= 4 is 15.9 Å². The van der Waals surface area contributed by atoms with Gasteiger partial charge in [-0.3, -0.25) is 4.79 Å². The highest BCUT2D eigenvalue weighted by molar-refractivity contribution is 7.88. The Morgan fingerprint density at radius 1 is 1.35 bits per heavy atom. The molecule has 1 rings (SSSR count). The summed E-state index contributed by atoms with van der Waals surface area (Å²) in [5.74, 6) is -0.792. The summed E-state index contributed by atoms with van der Waals surface area (Å²) >= 11 is 0. The SMILES string of the molecule is N#Cc1ccc(CS(=O)(=O)NCCOCC(N)=O)cc1. The maximum absolute atomic E-state index is 11.7. The number of hydrogen-bond acceptors (Lipinski definition) is 5. The lowest BCUT2D eigenvalue weighted by atomic mass is 10.2. The fraction of sp³-hybridized carbons (Fsp3) is 0.333. The number of nitrogens with zero attached hydrogens (tertiary/aromatic N) is 1. The number of rotatable bonds is 8. The van der Waals surface area contributed by atoms with Gasteiger partial charge in [0.1, 0.15) is 6.61 Å². The first-order valence-corrected chi connectivity index (χ1v) is 7.40. The first-order valence-electron chi connectivity index (χ1n) is 5.75. The van der Waals surface area contributed by atoms with E-state index in [1.54, 1.807) is 24.3 Å². The predicted molar refractivity (Wildman–Crippen MR) is 71.8 cm³/mol. The first kappa shape index (κ1) is 16.1. The van der Waals surface area contributed by atoms with Gasteiger partial charge in [0.25, 0.3) is 0 Å². The van der Waals surface area contributed by atoms with Crippen LogP contribution in [-0.2, 0) is 25.3 Å². The molecule has 20 heavy (non-hydrogen) atoms. The molecule has 0 heterocycles. The quantitative estimate of drug-likeness (QED) is 0.625. The molecule has 108 valence electrons. The minimum Gasteiger partial charge on any atom is -0.370 e. The smallest absolute Gasteiger partial charge is 0.243 e. The molecule has 0 spiro atoms. The number of sulfonamides is 1. The fourth-order valence-electron chi connectivity index (χ4n) is 1.39. The maximum Gasteiger partial charge on any atom is 0.243 e. The second-order valence-corrected chi connectivity index (χ2v) is 5.79. The highest BCUT2D eigenvalue weighted by atomic mass is 32.2. The molecule has 0 unspecified atom stereocenters. The van der Waals surface area contributed by atoms with Crippen LogP contribution >= 0.6 is 0 Å². The molecule has 0 fully saturated rings. The van der Waals surface area contributed by atoms with Gasteiger partial charge < -0.3 is 10.5 Å². The molecule has 0 bridgehead atoms. The number of nitrogens with one attached hydrogen (secondary N) is 1. The van der Waals surface area contributed by atoms with Gasteiger partial charge in [-0.05, 0) is 17.7 Å². The number of amides is 1. The first-order chi connectivity index (χ1) is 9.43. The van der Waals surface area contributed by atoms with Crippen molar-refractivity contribution in [2.75, 3.05) is 19.8 Å². The second-order valence-electron chi connectivity index (χ2n) is 3.98. The summed E-state index contributed by atoms with van der Waals surface area (Å²) in [6.45, 7) is -0.112. The topological polar surface area (TPSA) is 122 Å². The lowest BCUT2D eigenvalue weighted by Crippen LogP contribution is -2.29. The van der Waals surface area contributed by atoms with Crippen molar-refractivity contribution in [1.29, 1.82) is 5.26 Å². The summed E-state index contributed by atoms with van der Waals surface area (Å²) in [6, 6.07) is 8.24. The monoisotopic (exact) mass is 297 g/mol. The lowest BCUT2D eigenvalue weighted by Gasteiger charge is -2.07. The number of hydrogen-bond donors (Lipinski definition) is 2. The highest BCUT2D eigenvalue weighted by Gasteiger charge is 2.10. The van der Waals surface area contributed by atoms with Crippen LogP contribution < -0.4 is 10.5 Å². The molecule has 0 saturated heterocycles. The molecule has 1 aromatic rings. The van der Waals surface area contributed by atoms with Gasteiger partial charge >= 0.3 is 0 Å². The van der Waals surface area contributed by atoms with Crippen molar-refractivity contribution in [1.82, 2.24) is 4.72 Å². The Morgan fingerprint density at radius 3 is 2.55 bits per heavy atom. The Bertz CT molecular complexity index is 590. The Kier molecular flexibility index (Phi) is 6.11. The number of carbonyl (C=O) groups excluding carboxylic acids is 1. The van der Waals surface area contributed by atoms with Crippen LogP contribution in [0.5, 0.6) is 0 Å². The molecule has 0 aliphatic carbocycles. The molecule has 1 amide bonds. The normalized spacial score (nSPS) is 10.9. The van der Waals surface area contributed by atoms with E-state index in [0.29, 0.717) is 11.1 Å². The third-order valence-corrected chi connectivity index (χ3v) is 3.61. The molecule has 3 N–H and O–H groups in total. The van der Waals surface area contributed by atoms with E-state index in [1.807, 2.05) is 6.07 Å². The third kappa shape index (κ3) is 6.29. The molecular weight excluding hydrogens is 282 g/mol. The summed E-state index contributed by atoms with van der Waals surface area (Å²) in [5, 5.41) is 8.64. The zero-order chi connectivity index (χ0) is 15.0. The van der Waals surface area contributed by atoms with Crippen molar-refractivity contribution in [2.24, 2.45) is 5.73 Å². The summed E-state index contributed by atoms with van der Waals surface area (Å²) in [6.07, 6.45) is 0. The Balaban J connectivity index is 2.41. The van der Waals surface area contributed by atoms with Crippen LogP contribution in [0.2, 0.25) is 0 Å². The Morgan fingerprint density at radius 2 is 2.00 bits per heavy atom. The van der Waals surface area contributed by atoms with Gasteiger partial charge in [0, 0.05) is 6.54 Å². The Labute approximate surface area is 117 Å². The van der Waals surface area contributed by atoms with Gasteiger partial charge in [-0.15, -0.1) is 0 Å². The highest BCUT2D eigenvalue weighted by Crippen LogP contribution is 2.06. The maximum atomic E-state index is 11.7. The minimum absolute atomic E-state index is 0.0614. The number of benzene rings is 1. The van der Waals surface area contributed by atoms with E-state index in [-0.39, 0.29) is 25.5 Å². The van der Waals surface area contributed by atoms with E-state index in [9.17, 15) is 13.2 Å². The average molecular weight is 297 g/mol. The summed E-state index contributed by atoms with van der Waals surface area (Å²) in [4.78, 5) is 10.4.